The monoisotopic (exact) mass is 137 g/mol. The first-order valence-electron chi connectivity index (χ1n) is 3.81. The van der Waals surface area contributed by atoms with Gasteiger partial charge in [-0.3, -0.25) is 0 Å². The summed E-state index contributed by atoms with van der Waals surface area (Å²) in [7, 11) is 0. The first kappa shape index (κ1) is 5.89. The van der Waals surface area contributed by atoms with Crippen molar-refractivity contribution in [2.24, 2.45) is 0 Å². The summed E-state index contributed by atoms with van der Waals surface area (Å²) in [6.07, 6.45) is 3.61. The third-order valence-corrected chi connectivity index (χ3v) is 1.95. The molecule has 3 nitrogen and oxygen atoms in total. The molecule has 54 valence electrons. The molecule has 1 saturated carbocycles. The minimum atomic E-state index is 0.730. The molecular formula is C7H11N3. The molecule has 10 heavy (non-hydrogen) atoms. The van der Waals surface area contributed by atoms with Crippen LogP contribution in [0.5, 0.6) is 0 Å². The van der Waals surface area contributed by atoms with E-state index < -0.39 is 0 Å². The second-order valence-corrected chi connectivity index (χ2v) is 2.78. The lowest BCUT2D eigenvalue weighted by atomic mass is 10.2. The second kappa shape index (κ2) is 2.08. The third-order valence-electron chi connectivity index (χ3n) is 1.95. The molecule has 1 aromatic heterocycles. The molecule has 0 bridgehead atoms. The Kier molecular flexibility index (Phi) is 1.22. The zero-order chi connectivity index (χ0) is 6.97. The van der Waals surface area contributed by atoms with Gasteiger partial charge in [-0.2, -0.15) is 15.4 Å². The first-order chi connectivity index (χ1) is 4.92. The summed E-state index contributed by atoms with van der Waals surface area (Å²) in [5.74, 6) is 0.730. The zero-order valence-corrected chi connectivity index (χ0v) is 6.09. The fourth-order valence-electron chi connectivity index (χ4n) is 1.20. The standard InChI is InChI=1S/C7H11N3/c1-2-6-7(5-3-4-5)9-10-8-6/h5H,2-4H2,1H3,(H,8,9,10). The van der Waals surface area contributed by atoms with Gasteiger partial charge in [0.2, 0.25) is 0 Å². The van der Waals surface area contributed by atoms with Gasteiger partial charge < -0.3 is 0 Å². The number of hydrogen-bond acceptors (Lipinski definition) is 2. The minimum absolute atomic E-state index is 0.730. The Labute approximate surface area is 59.8 Å². The third kappa shape index (κ3) is 0.818. The highest BCUT2D eigenvalue weighted by molar-refractivity contribution is 5.18. The number of aromatic amines is 1. The van der Waals surface area contributed by atoms with E-state index in [1.54, 1.807) is 0 Å². The van der Waals surface area contributed by atoms with Gasteiger partial charge >= 0.3 is 0 Å². The highest BCUT2D eigenvalue weighted by Crippen LogP contribution is 2.39. The topological polar surface area (TPSA) is 41.6 Å². The van der Waals surface area contributed by atoms with E-state index in [4.69, 9.17) is 0 Å². The van der Waals surface area contributed by atoms with Crippen molar-refractivity contribution in [2.75, 3.05) is 0 Å². The molecule has 0 spiro atoms. The molecule has 0 unspecified atom stereocenters. The maximum Gasteiger partial charge on any atom is 0.0887 e. The van der Waals surface area contributed by atoms with Crippen LogP contribution in [0.3, 0.4) is 0 Å². The predicted octanol–water partition coefficient (Wildman–Crippen LogP) is 1.24. The normalized spacial score (nSPS) is 17.7. The lowest BCUT2D eigenvalue weighted by Crippen LogP contribution is -1.87. The summed E-state index contributed by atoms with van der Waals surface area (Å²) in [5, 5.41) is 10.8. The zero-order valence-electron chi connectivity index (χ0n) is 6.09. The van der Waals surface area contributed by atoms with Crippen molar-refractivity contribution in [1.29, 1.82) is 0 Å². The summed E-state index contributed by atoms with van der Waals surface area (Å²) in [5.41, 5.74) is 2.37. The van der Waals surface area contributed by atoms with Crippen molar-refractivity contribution in [1.82, 2.24) is 15.4 Å². The van der Waals surface area contributed by atoms with Gasteiger partial charge in [0.1, 0.15) is 0 Å². The molecule has 0 radical (unpaired) electrons. The van der Waals surface area contributed by atoms with E-state index in [1.807, 2.05) is 0 Å². The van der Waals surface area contributed by atoms with Crippen LogP contribution in [0.25, 0.3) is 0 Å². The van der Waals surface area contributed by atoms with Crippen LogP contribution in [0.1, 0.15) is 37.1 Å². The fourth-order valence-corrected chi connectivity index (χ4v) is 1.20. The smallest absolute Gasteiger partial charge is 0.0887 e. The van der Waals surface area contributed by atoms with Crippen LogP contribution >= 0.6 is 0 Å². The Bertz CT molecular complexity index is 225. The van der Waals surface area contributed by atoms with Gasteiger partial charge in [-0.15, -0.1) is 0 Å². The highest BCUT2D eigenvalue weighted by Gasteiger charge is 2.28. The molecule has 2 rings (SSSR count). The van der Waals surface area contributed by atoms with Crippen molar-refractivity contribution in [2.45, 2.75) is 32.1 Å². The molecule has 1 aliphatic carbocycles. The van der Waals surface area contributed by atoms with Gasteiger partial charge in [-0.05, 0) is 19.3 Å². The number of H-pyrrole nitrogens is 1. The van der Waals surface area contributed by atoms with Gasteiger partial charge in [-0.25, -0.2) is 0 Å². The average molecular weight is 137 g/mol. The van der Waals surface area contributed by atoms with E-state index in [0.29, 0.717) is 0 Å². The van der Waals surface area contributed by atoms with E-state index in [-0.39, 0.29) is 0 Å². The first-order valence-corrected chi connectivity index (χ1v) is 3.81. The average Bonchev–Trinajstić information content (AvgIpc) is 2.69. The summed E-state index contributed by atoms with van der Waals surface area (Å²) in [6, 6.07) is 0. The molecule has 1 heterocycles. The van der Waals surface area contributed by atoms with E-state index in [2.05, 4.69) is 22.3 Å². The molecule has 1 N–H and O–H groups in total. The number of nitrogens with zero attached hydrogens (tertiary/aromatic N) is 2. The lowest BCUT2D eigenvalue weighted by Gasteiger charge is -1.90. The Morgan fingerprint density at radius 3 is 2.90 bits per heavy atom. The summed E-state index contributed by atoms with van der Waals surface area (Å²) >= 11 is 0. The number of hydrogen-bond donors (Lipinski definition) is 1. The quantitative estimate of drug-likeness (QED) is 0.666. The molecule has 0 aliphatic heterocycles. The number of aromatic nitrogens is 3. The molecule has 0 aromatic carbocycles. The maximum atomic E-state index is 4.11. The number of aryl methyl sites for hydroxylation is 1. The molecule has 1 aromatic rings. The number of nitrogens with one attached hydrogen (secondary N) is 1. The molecule has 0 saturated heterocycles. The predicted molar refractivity (Wildman–Crippen MR) is 37.7 cm³/mol. The van der Waals surface area contributed by atoms with Crippen molar-refractivity contribution in [3.05, 3.63) is 11.4 Å². The lowest BCUT2D eigenvalue weighted by molar-refractivity contribution is 0.898. The van der Waals surface area contributed by atoms with Crippen molar-refractivity contribution >= 4 is 0 Å². The van der Waals surface area contributed by atoms with Crippen LogP contribution < -0.4 is 0 Å². The van der Waals surface area contributed by atoms with Crippen LogP contribution in [-0.2, 0) is 6.42 Å². The Morgan fingerprint density at radius 1 is 1.50 bits per heavy atom. The Morgan fingerprint density at radius 2 is 2.30 bits per heavy atom. The Hall–Kier alpha value is -0.860. The van der Waals surface area contributed by atoms with Crippen molar-refractivity contribution in [3.63, 3.8) is 0 Å². The molecule has 0 atom stereocenters. The number of rotatable bonds is 2. The van der Waals surface area contributed by atoms with Gasteiger partial charge in [0.05, 0.1) is 11.4 Å². The molecular weight excluding hydrogens is 126 g/mol. The molecule has 1 fully saturated rings. The SMILES string of the molecule is CCc1n[nH]nc1C1CC1. The van der Waals surface area contributed by atoms with Crippen LogP contribution in [0.2, 0.25) is 0 Å². The summed E-state index contributed by atoms with van der Waals surface area (Å²) < 4.78 is 0. The van der Waals surface area contributed by atoms with Gasteiger partial charge in [-0.1, -0.05) is 6.92 Å². The van der Waals surface area contributed by atoms with E-state index in [0.717, 1.165) is 18.0 Å². The van der Waals surface area contributed by atoms with Crippen molar-refractivity contribution in [3.8, 4) is 0 Å². The van der Waals surface area contributed by atoms with Crippen LogP contribution in [-0.4, -0.2) is 15.4 Å². The van der Waals surface area contributed by atoms with Crippen LogP contribution in [0.4, 0.5) is 0 Å². The van der Waals surface area contributed by atoms with Crippen LogP contribution in [0, 0.1) is 0 Å². The molecule has 3 heteroatoms. The molecule has 1 aliphatic rings. The minimum Gasteiger partial charge on any atom is -0.197 e. The van der Waals surface area contributed by atoms with E-state index in [9.17, 15) is 0 Å². The summed E-state index contributed by atoms with van der Waals surface area (Å²) in [4.78, 5) is 0. The largest absolute Gasteiger partial charge is 0.197 e. The van der Waals surface area contributed by atoms with Crippen molar-refractivity contribution < 1.29 is 0 Å². The van der Waals surface area contributed by atoms with E-state index in [1.165, 1.54) is 18.5 Å². The summed E-state index contributed by atoms with van der Waals surface area (Å²) in [6.45, 7) is 2.11. The highest BCUT2D eigenvalue weighted by atomic mass is 15.3. The van der Waals surface area contributed by atoms with Gasteiger partial charge in [0.15, 0.2) is 0 Å². The maximum absolute atomic E-state index is 4.11. The second-order valence-electron chi connectivity index (χ2n) is 2.78. The van der Waals surface area contributed by atoms with Crippen LogP contribution in [0.15, 0.2) is 0 Å². The van der Waals surface area contributed by atoms with Gasteiger partial charge in [0, 0.05) is 5.92 Å². The molecule has 0 amide bonds. The Balaban J connectivity index is 2.28. The fraction of sp³-hybridized carbons (Fsp3) is 0.714. The van der Waals surface area contributed by atoms with E-state index >= 15 is 0 Å². The van der Waals surface area contributed by atoms with Gasteiger partial charge in [0.25, 0.3) is 0 Å².